The fraction of sp³-hybridized carbons (Fsp3) is 0.143. The number of carboxylic acids is 1. The van der Waals surface area contributed by atoms with E-state index in [2.05, 4.69) is 4.98 Å². The molecule has 0 amide bonds. The first-order valence-electron chi connectivity index (χ1n) is 6.18. The molecule has 2 aromatic rings. The van der Waals surface area contributed by atoms with Crippen molar-refractivity contribution in [2.75, 3.05) is 7.11 Å². The number of ether oxygens (including phenoxy) is 1. The van der Waals surface area contributed by atoms with Crippen molar-refractivity contribution in [2.45, 2.75) is 6.92 Å². The van der Waals surface area contributed by atoms with Crippen LogP contribution in [-0.4, -0.2) is 40.3 Å². The largest absolute Gasteiger partial charge is 0.494 e. The van der Waals surface area contributed by atoms with E-state index in [1.54, 1.807) is 25.1 Å². The van der Waals surface area contributed by atoms with Crippen LogP contribution in [0, 0.1) is 6.92 Å². The number of carboxylic acid groups (broad SMARTS) is 1. The van der Waals surface area contributed by atoms with Crippen LogP contribution in [0.3, 0.4) is 0 Å². The fourth-order valence-corrected chi connectivity index (χ4v) is 2.09. The number of rotatable bonds is 4. The molecular formula is C14H14BNO5. The fourth-order valence-electron chi connectivity index (χ4n) is 2.09. The minimum atomic E-state index is -1.70. The predicted molar refractivity (Wildman–Crippen MR) is 77.7 cm³/mol. The van der Waals surface area contributed by atoms with E-state index >= 15 is 0 Å². The summed E-state index contributed by atoms with van der Waals surface area (Å²) in [6, 6.07) is 6.26. The molecule has 0 aliphatic heterocycles. The van der Waals surface area contributed by atoms with Gasteiger partial charge in [0.1, 0.15) is 0 Å². The van der Waals surface area contributed by atoms with Crippen molar-refractivity contribution in [1.29, 1.82) is 0 Å². The van der Waals surface area contributed by atoms with E-state index in [0.717, 1.165) is 11.1 Å². The summed E-state index contributed by atoms with van der Waals surface area (Å²) in [7, 11) is -0.313. The van der Waals surface area contributed by atoms with Crippen molar-refractivity contribution in [3.63, 3.8) is 0 Å². The van der Waals surface area contributed by atoms with Gasteiger partial charge in [-0.2, -0.15) is 0 Å². The van der Waals surface area contributed by atoms with Crippen LogP contribution in [0.15, 0.2) is 30.5 Å². The monoisotopic (exact) mass is 287 g/mol. The maximum Gasteiger partial charge on any atom is 0.494 e. The quantitative estimate of drug-likeness (QED) is 0.706. The Bertz CT molecular complexity index is 687. The number of hydrogen-bond acceptors (Lipinski definition) is 5. The van der Waals surface area contributed by atoms with Crippen molar-refractivity contribution < 1.29 is 24.7 Å². The highest BCUT2D eigenvalue weighted by molar-refractivity contribution is 6.59. The SMILES string of the molecule is COc1ncc(-c2ccc(C(=O)O)cc2C)cc1B(O)O. The first kappa shape index (κ1) is 15.0. The van der Waals surface area contributed by atoms with E-state index < -0.39 is 13.1 Å². The van der Waals surface area contributed by atoms with Gasteiger partial charge in [-0.25, -0.2) is 9.78 Å². The van der Waals surface area contributed by atoms with Crippen molar-refractivity contribution in [1.82, 2.24) is 4.98 Å². The molecule has 0 fully saturated rings. The topological polar surface area (TPSA) is 99.9 Å². The van der Waals surface area contributed by atoms with Crippen LogP contribution in [0.1, 0.15) is 15.9 Å². The summed E-state index contributed by atoms with van der Waals surface area (Å²) < 4.78 is 4.97. The Morgan fingerprint density at radius 3 is 2.52 bits per heavy atom. The third kappa shape index (κ3) is 3.04. The molecule has 1 heterocycles. The lowest BCUT2D eigenvalue weighted by Gasteiger charge is -2.11. The van der Waals surface area contributed by atoms with Gasteiger partial charge in [0.05, 0.1) is 12.7 Å². The Balaban J connectivity index is 2.52. The van der Waals surface area contributed by atoms with Crippen molar-refractivity contribution >= 4 is 18.6 Å². The number of aromatic carboxylic acids is 1. The molecule has 1 aromatic heterocycles. The van der Waals surface area contributed by atoms with Crippen LogP contribution in [0.4, 0.5) is 0 Å². The molecule has 0 aliphatic carbocycles. The Morgan fingerprint density at radius 1 is 1.29 bits per heavy atom. The smallest absolute Gasteiger partial charge is 0.481 e. The first-order chi connectivity index (χ1) is 9.93. The number of hydrogen-bond donors (Lipinski definition) is 3. The molecule has 6 nitrogen and oxygen atoms in total. The average molecular weight is 287 g/mol. The summed E-state index contributed by atoms with van der Waals surface area (Å²) >= 11 is 0. The number of aryl methyl sites for hydroxylation is 1. The predicted octanol–water partition coefficient (Wildman–Crippen LogP) is 0.444. The Labute approximate surface area is 121 Å². The van der Waals surface area contributed by atoms with Gasteiger partial charge < -0.3 is 19.9 Å². The Hall–Kier alpha value is -2.38. The second-order valence-electron chi connectivity index (χ2n) is 4.53. The lowest BCUT2D eigenvalue weighted by Crippen LogP contribution is -2.32. The van der Waals surface area contributed by atoms with Crippen LogP contribution in [-0.2, 0) is 0 Å². The lowest BCUT2D eigenvalue weighted by atomic mass is 9.79. The van der Waals surface area contributed by atoms with E-state index in [9.17, 15) is 14.8 Å². The van der Waals surface area contributed by atoms with Crippen LogP contribution >= 0.6 is 0 Å². The van der Waals surface area contributed by atoms with Crippen LogP contribution in [0.5, 0.6) is 5.88 Å². The van der Waals surface area contributed by atoms with Gasteiger partial charge in [-0.15, -0.1) is 0 Å². The minimum absolute atomic E-state index is 0.133. The van der Waals surface area contributed by atoms with Gasteiger partial charge in [-0.3, -0.25) is 0 Å². The molecule has 3 N–H and O–H groups in total. The van der Waals surface area contributed by atoms with Gasteiger partial charge >= 0.3 is 13.1 Å². The molecule has 2 rings (SSSR count). The molecule has 0 saturated heterocycles. The molecule has 108 valence electrons. The normalized spacial score (nSPS) is 10.3. The number of carbonyl (C=O) groups is 1. The van der Waals surface area contributed by atoms with Gasteiger partial charge in [0.25, 0.3) is 0 Å². The van der Waals surface area contributed by atoms with Crippen LogP contribution in [0.25, 0.3) is 11.1 Å². The molecule has 0 bridgehead atoms. The Kier molecular flexibility index (Phi) is 4.25. The summed E-state index contributed by atoms with van der Waals surface area (Å²) in [5.41, 5.74) is 2.50. The van der Waals surface area contributed by atoms with Crippen molar-refractivity contribution in [3.8, 4) is 17.0 Å². The van der Waals surface area contributed by atoms with Crippen LogP contribution in [0.2, 0.25) is 0 Å². The molecule has 0 radical (unpaired) electrons. The molecular weight excluding hydrogens is 273 g/mol. The Morgan fingerprint density at radius 2 is 2.00 bits per heavy atom. The van der Waals surface area contributed by atoms with E-state index in [1.165, 1.54) is 19.4 Å². The third-order valence-corrected chi connectivity index (χ3v) is 3.13. The summed E-state index contributed by atoms with van der Waals surface area (Å²) in [5.74, 6) is -0.863. The third-order valence-electron chi connectivity index (χ3n) is 3.13. The number of methoxy groups -OCH3 is 1. The number of benzene rings is 1. The van der Waals surface area contributed by atoms with Gasteiger partial charge in [0, 0.05) is 17.2 Å². The maximum atomic E-state index is 10.9. The molecule has 7 heteroatoms. The summed E-state index contributed by atoms with van der Waals surface area (Å²) in [6.45, 7) is 1.78. The van der Waals surface area contributed by atoms with E-state index in [0.29, 0.717) is 5.56 Å². The van der Waals surface area contributed by atoms with Crippen molar-refractivity contribution in [3.05, 3.63) is 41.6 Å². The molecule has 0 atom stereocenters. The van der Waals surface area contributed by atoms with Crippen LogP contribution < -0.4 is 10.2 Å². The number of pyridine rings is 1. The summed E-state index contributed by atoms with van der Waals surface area (Å²) in [5, 5.41) is 27.7. The zero-order valence-corrected chi connectivity index (χ0v) is 11.6. The average Bonchev–Trinajstić information content (AvgIpc) is 2.46. The number of nitrogens with zero attached hydrogens (tertiary/aromatic N) is 1. The van der Waals surface area contributed by atoms with E-state index in [1.807, 2.05) is 0 Å². The summed E-state index contributed by atoms with van der Waals surface area (Å²) in [6.07, 6.45) is 1.54. The van der Waals surface area contributed by atoms with E-state index in [-0.39, 0.29) is 16.9 Å². The molecule has 1 aromatic carbocycles. The molecule has 0 unspecified atom stereocenters. The van der Waals surface area contributed by atoms with Crippen molar-refractivity contribution in [2.24, 2.45) is 0 Å². The highest BCUT2D eigenvalue weighted by atomic mass is 16.5. The van der Waals surface area contributed by atoms with E-state index in [4.69, 9.17) is 9.84 Å². The van der Waals surface area contributed by atoms with Gasteiger partial charge in [-0.05, 0) is 36.2 Å². The molecule has 0 spiro atoms. The summed E-state index contributed by atoms with van der Waals surface area (Å²) in [4.78, 5) is 15.0. The first-order valence-corrected chi connectivity index (χ1v) is 6.18. The second-order valence-corrected chi connectivity index (χ2v) is 4.53. The highest BCUT2D eigenvalue weighted by Gasteiger charge is 2.19. The van der Waals surface area contributed by atoms with Gasteiger partial charge in [-0.1, -0.05) is 6.07 Å². The minimum Gasteiger partial charge on any atom is -0.481 e. The van der Waals surface area contributed by atoms with Gasteiger partial charge in [0.15, 0.2) is 0 Å². The second kappa shape index (κ2) is 5.95. The lowest BCUT2D eigenvalue weighted by molar-refractivity contribution is 0.0697. The maximum absolute atomic E-state index is 10.9. The van der Waals surface area contributed by atoms with Gasteiger partial charge in [0.2, 0.25) is 5.88 Å². The molecule has 0 saturated carbocycles. The molecule has 21 heavy (non-hydrogen) atoms. The standard InChI is InChI=1S/C14H14BNO5/c1-8-5-9(14(17)18)3-4-11(8)10-6-12(15(19)20)13(21-2)16-7-10/h3-7,19-20H,1-2H3,(H,17,18). The molecule has 0 aliphatic rings. The number of aromatic nitrogens is 1. The zero-order valence-electron chi connectivity index (χ0n) is 11.6. The zero-order chi connectivity index (χ0) is 15.6. The highest BCUT2D eigenvalue weighted by Crippen LogP contribution is 2.24.